The van der Waals surface area contributed by atoms with Crippen molar-refractivity contribution in [2.75, 3.05) is 17.3 Å². The minimum Gasteiger partial charge on any atom is -0.465 e. The molecule has 2 bridgehead atoms. The number of aliphatic hydroxyl groups is 1. The lowest BCUT2D eigenvalue weighted by molar-refractivity contribution is 0.0964. The zero-order chi connectivity index (χ0) is 19.8. The number of H-pyrrole nitrogens is 1. The number of aromatic nitrogens is 4. The van der Waals surface area contributed by atoms with Gasteiger partial charge in [-0.25, -0.2) is 9.78 Å². The van der Waals surface area contributed by atoms with E-state index in [0.717, 1.165) is 31.4 Å². The summed E-state index contributed by atoms with van der Waals surface area (Å²) in [4.78, 5) is 24.2. The Labute approximate surface area is 162 Å². The van der Waals surface area contributed by atoms with Gasteiger partial charge in [-0.2, -0.15) is 10.1 Å². The van der Waals surface area contributed by atoms with Crippen molar-refractivity contribution in [2.45, 2.75) is 57.3 Å². The van der Waals surface area contributed by atoms with Gasteiger partial charge >= 0.3 is 6.09 Å². The molecule has 0 aromatic carbocycles. The normalized spacial score (nSPS) is 23.7. The molecule has 4 rings (SSSR count). The smallest absolute Gasteiger partial charge is 0.407 e. The number of nitrogens with zero attached hydrogens (tertiary/aromatic N) is 5. The quantitative estimate of drug-likeness (QED) is 0.611. The highest BCUT2D eigenvalue weighted by molar-refractivity contribution is 5.66. The van der Waals surface area contributed by atoms with E-state index in [4.69, 9.17) is 0 Å². The summed E-state index contributed by atoms with van der Waals surface area (Å²) in [5.41, 5.74) is 1.44. The summed E-state index contributed by atoms with van der Waals surface area (Å²) in [6.07, 6.45) is 2.50. The van der Waals surface area contributed by atoms with Crippen LogP contribution in [0.15, 0.2) is 12.1 Å². The van der Waals surface area contributed by atoms with Crippen LogP contribution in [0, 0.1) is 6.92 Å². The van der Waals surface area contributed by atoms with Crippen LogP contribution >= 0.6 is 0 Å². The van der Waals surface area contributed by atoms with Crippen molar-refractivity contribution in [2.24, 2.45) is 0 Å². The van der Waals surface area contributed by atoms with Crippen LogP contribution in [-0.2, 0) is 6.61 Å². The molecule has 2 fully saturated rings. The number of rotatable bonds is 5. The highest BCUT2D eigenvalue weighted by Gasteiger charge is 2.44. The van der Waals surface area contributed by atoms with Gasteiger partial charge in [0.1, 0.15) is 5.82 Å². The van der Waals surface area contributed by atoms with E-state index in [9.17, 15) is 15.0 Å². The van der Waals surface area contributed by atoms with Crippen LogP contribution in [0.5, 0.6) is 0 Å². The third-order valence-corrected chi connectivity index (χ3v) is 5.68. The molecule has 4 heterocycles. The number of aliphatic hydroxyl groups excluding tert-OH is 1. The first-order chi connectivity index (χ1) is 13.4. The van der Waals surface area contributed by atoms with E-state index < -0.39 is 6.09 Å². The number of anilines is 3. The van der Waals surface area contributed by atoms with Gasteiger partial charge in [-0.05, 0) is 32.6 Å². The summed E-state index contributed by atoms with van der Waals surface area (Å²) in [5.74, 6) is 1.70. The molecule has 4 N–H and O–H groups in total. The van der Waals surface area contributed by atoms with Crippen LogP contribution in [0.4, 0.5) is 22.4 Å². The van der Waals surface area contributed by atoms with Crippen LogP contribution in [0.2, 0.25) is 0 Å². The zero-order valence-electron chi connectivity index (χ0n) is 16.0. The molecule has 150 valence electrons. The summed E-state index contributed by atoms with van der Waals surface area (Å²) < 4.78 is 0. The second-order valence-electron chi connectivity index (χ2n) is 7.57. The van der Waals surface area contributed by atoms with Crippen molar-refractivity contribution >= 4 is 23.7 Å². The lowest BCUT2D eigenvalue weighted by atomic mass is 9.97. The molecule has 3 atom stereocenters. The van der Waals surface area contributed by atoms with E-state index in [2.05, 4.69) is 25.5 Å². The first-order valence-corrected chi connectivity index (χ1v) is 9.46. The Morgan fingerprint density at radius 3 is 2.57 bits per heavy atom. The first-order valence-electron chi connectivity index (χ1n) is 9.46. The van der Waals surface area contributed by atoms with Crippen LogP contribution in [-0.4, -0.2) is 66.5 Å². The average molecular weight is 387 g/mol. The fraction of sp³-hybridized carbons (Fsp3) is 0.556. The zero-order valence-corrected chi connectivity index (χ0v) is 16.0. The average Bonchev–Trinajstić information content (AvgIpc) is 3.20. The van der Waals surface area contributed by atoms with Gasteiger partial charge < -0.3 is 25.3 Å². The highest BCUT2D eigenvalue weighted by atomic mass is 16.4. The molecule has 10 nitrogen and oxygen atoms in total. The van der Waals surface area contributed by atoms with Crippen LogP contribution in [0.3, 0.4) is 0 Å². The number of hydrogen-bond donors (Lipinski definition) is 4. The van der Waals surface area contributed by atoms with Crippen molar-refractivity contribution in [3.63, 3.8) is 0 Å². The van der Waals surface area contributed by atoms with E-state index in [-0.39, 0.29) is 24.7 Å². The largest absolute Gasteiger partial charge is 0.465 e. The molecule has 0 unspecified atom stereocenters. The molecule has 2 aliphatic heterocycles. The van der Waals surface area contributed by atoms with Crippen LogP contribution in [0.1, 0.15) is 37.1 Å². The van der Waals surface area contributed by atoms with Crippen molar-refractivity contribution in [1.82, 2.24) is 25.1 Å². The van der Waals surface area contributed by atoms with Crippen molar-refractivity contribution in [3.05, 3.63) is 23.5 Å². The Kier molecular flexibility index (Phi) is 4.80. The minimum absolute atomic E-state index is 0.0503. The lowest BCUT2D eigenvalue weighted by Crippen LogP contribution is -2.51. The lowest BCUT2D eigenvalue weighted by Gasteiger charge is -2.40. The summed E-state index contributed by atoms with van der Waals surface area (Å²) in [6, 6.07) is 3.81. The Morgan fingerprint density at radius 1 is 1.29 bits per heavy atom. The van der Waals surface area contributed by atoms with E-state index in [1.807, 2.05) is 24.9 Å². The number of nitrogens with one attached hydrogen (secondary N) is 2. The molecular formula is C18H25N7O3. The molecule has 0 radical (unpaired) electrons. The molecular weight excluding hydrogens is 362 g/mol. The Balaban J connectivity index is 1.55. The Hall–Kier alpha value is -2.88. The molecule has 10 heteroatoms. The third kappa shape index (κ3) is 3.47. The SMILES string of the molecule is Cc1cc(Nc2cc(CO)nc(N(C)[C@@H]3C[C@H]4CC[C@@H](C3)N4C(=O)O)n2)n[nH]1. The standard InChI is InChI=1S/C18H25N7O3/c1-10-5-16(23-22-10)20-15-6-11(9-26)19-17(21-15)24(2)14-7-12-3-4-13(8-14)25(12)18(27)28/h5-6,12-14,26H,3-4,7-9H2,1-2H3,(H,27,28)(H2,19,20,21,22,23)/t12-,13+,14-. The van der Waals surface area contributed by atoms with E-state index in [1.165, 1.54) is 0 Å². The predicted octanol–water partition coefficient (Wildman–Crippen LogP) is 1.85. The molecule has 0 aliphatic carbocycles. The molecule has 2 aliphatic rings. The summed E-state index contributed by atoms with van der Waals surface area (Å²) >= 11 is 0. The Bertz CT molecular complexity index is 857. The molecule has 0 saturated carbocycles. The molecule has 2 saturated heterocycles. The van der Waals surface area contributed by atoms with Gasteiger partial charge in [-0.3, -0.25) is 5.10 Å². The first kappa shape index (κ1) is 18.5. The van der Waals surface area contributed by atoms with E-state index in [0.29, 0.717) is 23.3 Å². The maximum Gasteiger partial charge on any atom is 0.407 e. The van der Waals surface area contributed by atoms with Gasteiger partial charge in [0, 0.05) is 43.0 Å². The molecule has 28 heavy (non-hydrogen) atoms. The van der Waals surface area contributed by atoms with Crippen molar-refractivity contribution < 1.29 is 15.0 Å². The van der Waals surface area contributed by atoms with Gasteiger partial charge in [-0.15, -0.1) is 0 Å². The maximum absolute atomic E-state index is 11.5. The van der Waals surface area contributed by atoms with E-state index >= 15 is 0 Å². The number of carbonyl (C=O) groups is 1. The number of amides is 1. The Morgan fingerprint density at radius 2 is 2.00 bits per heavy atom. The number of piperidine rings is 1. The van der Waals surface area contributed by atoms with Gasteiger partial charge in [0.2, 0.25) is 5.95 Å². The number of aromatic amines is 1. The highest BCUT2D eigenvalue weighted by Crippen LogP contribution is 2.38. The van der Waals surface area contributed by atoms with Crippen LogP contribution in [0.25, 0.3) is 0 Å². The van der Waals surface area contributed by atoms with Crippen molar-refractivity contribution in [3.8, 4) is 0 Å². The van der Waals surface area contributed by atoms with Gasteiger partial charge in [-0.1, -0.05) is 0 Å². The summed E-state index contributed by atoms with van der Waals surface area (Å²) in [7, 11) is 1.93. The minimum atomic E-state index is -0.826. The molecule has 2 aromatic heterocycles. The monoisotopic (exact) mass is 387 g/mol. The fourth-order valence-electron chi connectivity index (χ4n) is 4.34. The molecule has 2 aromatic rings. The number of hydrogen-bond acceptors (Lipinski definition) is 7. The van der Waals surface area contributed by atoms with Crippen molar-refractivity contribution in [1.29, 1.82) is 0 Å². The summed E-state index contributed by atoms with van der Waals surface area (Å²) in [6.45, 7) is 1.72. The fourth-order valence-corrected chi connectivity index (χ4v) is 4.34. The third-order valence-electron chi connectivity index (χ3n) is 5.68. The van der Waals surface area contributed by atoms with Gasteiger partial charge in [0.05, 0.1) is 12.3 Å². The number of carboxylic acid groups (broad SMARTS) is 1. The van der Waals surface area contributed by atoms with Gasteiger partial charge in [0.25, 0.3) is 0 Å². The van der Waals surface area contributed by atoms with Gasteiger partial charge in [0.15, 0.2) is 5.82 Å². The van der Waals surface area contributed by atoms with Crippen LogP contribution < -0.4 is 10.2 Å². The second-order valence-corrected chi connectivity index (χ2v) is 7.57. The second kappa shape index (κ2) is 7.27. The molecule has 0 spiro atoms. The number of aryl methyl sites for hydroxylation is 1. The van der Waals surface area contributed by atoms with E-state index in [1.54, 1.807) is 11.0 Å². The predicted molar refractivity (Wildman–Crippen MR) is 103 cm³/mol. The molecule has 1 amide bonds. The topological polar surface area (TPSA) is 130 Å². The summed E-state index contributed by atoms with van der Waals surface area (Å²) in [5, 5.41) is 29.2. The number of fused-ring (bicyclic) bond motifs is 2. The maximum atomic E-state index is 11.5.